The summed E-state index contributed by atoms with van der Waals surface area (Å²) in [4.78, 5) is 22.8. The summed E-state index contributed by atoms with van der Waals surface area (Å²) in [6.07, 6.45) is -0.727. The molecule has 6 heteroatoms. The predicted molar refractivity (Wildman–Crippen MR) is 66.6 cm³/mol. The summed E-state index contributed by atoms with van der Waals surface area (Å²) in [6.45, 7) is 1.67. The number of hydrogen-bond donors (Lipinski definition) is 2. The van der Waals surface area contributed by atoms with Crippen LogP contribution in [-0.2, 0) is 14.3 Å². The third kappa shape index (κ3) is 2.58. The number of fused-ring (bicyclic) bond motifs is 1. The van der Waals surface area contributed by atoms with Crippen molar-refractivity contribution in [3.63, 3.8) is 0 Å². The lowest BCUT2D eigenvalue weighted by Crippen LogP contribution is -2.42. The first kappa shape index (κ1) is 11.9. The number of carbonyl (C=O) groups excluding carboxylic acids is 2. The smallest absolute Gasteiger partial charge is 0.307 e. The van der Waals surface area contributed by atoms with Gasteiger partial charge in [-0.25, -0.2) is 0 Å². The number of rotatable bonds is 2. The molecule has 2 rings (SSSR count). The van der Waals surface area contributed by atoms with Crippen molar-refractivity contribution in [3.05, 3.63) is 22.7 Å². The second-order valence-corrected chi connectivity index (χ2v) is 4.46. The molecule has 1 aliphatic rings. The lowest BCUT2D eigenvalue weighted by atomic mass is 10.2. The van der Waals surface area contributed by atoms with Gasteiger partial charge in [0.2, 0.25) is 0 Å². The average Bonchev–Trinajstić information content (AvgIpc) is 2.30. The van der Waals surface area contributed by atoms with Crippen molar-refractivity contribution in [2.75, 3.05) is 10.6 Å². The molecule has 0 bridgehead atoms. The highest BCUT2D eigenvalue weighted by molar-refractivity contribution is 9.10. The average molecular weight is 299 g/mol. The summed E-state index contributed by atoms with van der Waals surface area (Å²) < 4.78 is 5.83. The fraction of sp³-hybridized carbons (Fsp3) is 0.273. The Hall–Kier alpha value is -1.56. The zero-order chi connectivity index (χ0) is 12.4. The normalized spacial score (nSPS) is 17.8. The van der Waals surface area contributed by atoms with E-state index in [2.05, 4.69) is 26.6 Å². The number of ether oxygens (including phenoxy) is 1. The Kier molecular flexibility index (Phi) is 3.33. The van der Waals surface area contributed by atoms with Gasteiger partial charge in [0.1, 0.15) is 0 Å². The molecule has 0 aromatic heterocycles. The maximum absolute atomic E-state index is 11.7. The molecule has 0 radical (unpaired) electrons. The van der Waals surface area contributed by atoms with Crippen LogP contribution in [-0.4, -0.2) is 18.1 Å². The number of hydrogen-bond acceptors (Lipinski definition) is 4. The van der Waals surface area contributed by atoms with E-state index in [1.807, 2.05) is 6.07 Å². The van der Waals surface area contributed by atoms with Crippen LogP contribution in [0.5, 0.6) is 0 Å². The summed E-state index contributed by atoms with van der Waals surface area (Å²) in [5.41, 5.74) is 1.38. The van der Waals surface area contributed by atoms with Gasteiger partial charge in [-0.05, 0) is 18.2 Å². The van der Waals surface area contributed by atoms with Gasteiger partial charge in [-0.15, -0.1) is 0 Å². The number of nitrogens with one attached hydrogen (secondary N) is 2. The second-order valence-electron chi connectivity index (χ2n) is 3.55. The van der Waals surface area contributed by atoms with E-state index < -0.39 is 12.2 Å². The molecule has 0 spiro atoms. The highest BCUT2D eigenvalue weighted by atomic mass is 79.9. The number of halogens is 1. The van der Waals surface area contributed by atoms with Crippen LogP contribution >= 0.6 is 15.9 Å². The van der Waals surface area contributed by atoms with Gasteiger partial charge in [-0.3, -0.25) is 9.59 Å². The maximum atomic E-state index is 11.7. The Morgan fingerprint density at radius 3 is 2.94 bits per heavy atom. The molecule has 2 N–H and O–H groups in total. The fourth-order valence-electron chi connectivity index (χ4n) is 1.45. The van der Waals surface area contributed by atoms with Gasteiger partial charge in [-0.1, -0.05) is 22.9 Å². The minimum atomic E-state index is -0.962. The molecule has 1 aromatic rings. The highest BCUT2D eigenvalue weighted by Crippen LogP contribution is 2.29. The van der Waals surface area contributed by atoms with Crippen LogP contribution < -0.4 is 10.6 Å². The molecule has 0 unspecified atom stereocenters. The van der Waals surface area contributed by atoms with Crippen molar-refractivity contribution in [1.29, 1.82) is 0 Å². The van der Waals surface area contributed by atoms with Crippen LogP contribution in [0.25, 0.3) is 0 Å². The number of benzene rings is 1. The molecule has 1 aromatic carbocycles. The Bertz CT molecular complexity index is 476. The Labute approximate surface area is 107 Å². The maximum Gasteiger partial charge on any atom is 0.307 e. The number of anilines is 2. The van der Waals surface area contributed by atoms with Crippen LogP contribution in [0, 0.1) is 0 Å². The summed E-state index contributed by atoms with van der Waals surface area (Å²) in [5.74, 6) is -0.796. The number of esters is 1. The molecule has 1 aliphatic heterocycles. The first-order valence-corrected chi connectivity index (χ1v) is 5.96. The SMILES string of the molecule is CCC(=O)O[C@@H]1Nc2ccc(Br)cc2NC1=O. The molecule has 0 aliphatic carbocycles. The van der Waals surface area contributed by atoms with Crippen LogP contribution in [0.2, 0.25) is 0 Å². The van der Waals surface area contributed by atoms with Gasteiger partial charge >= 0.3 is 5.97 Å². The van der Waals surface area contributed by atoms with Crippen molar-refractivity contribution in [1.82, 2.24) is 0 Å². The number of carbonyl (C=O) groups is 2. The van der Waals surface area contributed by atoms with Gasteiger partial charge < -0.3 is 15.4 Å². The van der Waals surface area contributed by atoms with Crippen molar-refractivity contribution < 1.29 is 14.3 Å². The minimum absolute atomic E-state index is 0.235. The van der Waals surface area contributed by atoms with Crippen LogP contribution in [0.1, 0.15) is 13.3 Å². The first-order valence-electron chi connectivity index (χ1n) is 5.16. The van der Waals surface area contributed by atoms with E-state index >= 15 is 0 Å². The molecule has 0 fully saturated rings. The van der Waals surface area contributed by atoms with E-state index in [9.17, 15) is 9.59 Å². The van der Waals surface area contributed by atoms with Crippen LogP contribution in [0.3, 0.4) is 0 Å². The lowest BCUT2D eigenvalue weighted by Gasteiger charge is -2.26. The van der Waals surface area contributed by atoms with Crippen LogP contribution in [0.4, 0.5) is 11.4 Å². The summed E-state index contributed by atoms with van der Waals surface area (Å²) in [6, 6.07) is 5.41. The van der Waals surface area contributed by atoms with Crippen molar-refractivity contribution in [2.24, 2.45) is 0 Å². The highest BCUT2D eigenvalue weighted by Gasteiger charge is 2.28. The third-order valence-electron chi connectivity index (χ3n) is 2.30. The van der Waals surface area contributed by atoms with Crippen molar-refractivity contribution in [2.45, 2.75) is 19.6 Å². The molecule has 0 saturated heterocycles. The molecule has 1 heterocycles. The van der Waals surface area contributed by atoms with E-state index in [1.54, 1.807) is 19.1 Å². The summed E-state index contributed by atoms with van der Waals surface area (Å²) >= 11 is 3.31. The third-order valence-corrected chi connectivity index (χ3v) is 2.80. The van der Waals surface area contributed by atoms with Gasteiger partial charge in [0.25, 0.3) is 12.1 Å². The Morgan fingerprint density at radius 1 is 1.47 bits per heavy atom. The Balaban J connectivity index is 2.18. The van der Waals surface area contributed by atoms with E-state index in [0.29, 0.717) is 5.69 Å². The topological polar surface area (TPSA) is 67.4 Å². The largest absolute Gasteiger partial charge is 0.432 e. The molecule has 1 atom stereocenters. The zero-order valence-electron chi connectivity index (χ0n) is 9.12. The fourth-order valence-corrected chi connectivity index (χ4v) is 1.81. The summed E-state index contributed by atoms with van der Waals surface area (Å²) in [7, 11) is 0. The minimum Gasteiger partial charge on any atom is -0.432 e. The molecule has 17 heavy (non-hydrogen) atoms. The Morgan fingerprint density at radius 2 is 2.24 bits per heavy atom. The van der Waals surface area contributed by atoms with Gasteiger partial charge in [0.05, 0.1) is 11.4 Å². The van der Waals surface area contributed by atoms with Gasteiger partial charge in [0.15, 0.2) is 0 Å². The standard InChI is InChI=1S/C11H11BrN2O3/c1-2-9(15)17-11-10(16)13-8-5-6(12)3-4-7(8)14-11/h3-5,11,14H,2H2,1H3,(H,13,16)/t11-/m0/s1. The second kappa shape index (κ2) is 4.75. The zero-order valence-corrected chi connectivity index (χ0v) is 10.7. The van der Waals surface area contributed by atoms with Crippen molar-refractivity contribution >= 4 is 39.2 Å². The quantitative estimate of drug-likeness (QED) is 0.821. The first-order chi connectivity index (χ1) is 8.10. The monoisotopic (exact) mass is 298 g/mol. The van der Waals surface area contributed by atoms with E-state index in [4.69, 9.17) is 4.74 Å². The molecule has 0 saturated carbocycles. The van der Waals surface area contributed by atoms with Gasteiger partial charge in [0, 0.05) is 10.9 Å². The van der Waals surface area contributed by atoms with Crippen molar-refractivity contribution in [3.8, 4) is 0 Å². The summed E-state index contributed by atoms with van der Waals surface area (Å²) in [5, 5.41) is 5.53. The van der Waals surface area contributed by atoms with Gasteiger partial charge in [-0.2, -0.15) is 0 Å². The predicted octanol–water partition coefficient (Wildman–Crippen LogP) is 2.09. The molecular weight excluding hydrogens is 288 g/mol. The lowest BCUT2D eigenvalue weighted by molar-refractivity contribution is -0.152. The van der Waals surface area contributed by atoms with Crippen LogP contribution in [0.15, 0.2) is 22.7 Å². The molecule has 90 valence electrons. The molecule has 5 nitrogen and oxygen atoms in total. The number of amides is 1. The van der Waals surface area contributed by atoms with E-state index in [-0.39, 0.29) is 12.3 Å². The van der Waals surface area contributed by atoms with E-state index in [0.717, 1.165) is 10.2 Å². The molecular formula is C11H11BrN2O3. The van der Waals surface area contributed by atoms with E-state index in [1.165, 1.54) is 0 Å². The molecule has 1 amide bonds.